The van der Waals surface area contributed by atoms with Crippen molar-refractivity contribution in [2.75, 3.05) is 0 Å². The fourth-order valence-electron chi connectivity index (χ4n) is 4.52. The van der Waals surface area contributed by atoms with Crippen molar-refractivity contribution in [3.63, 3.8) is 0 Å². The van der Waals surface area contributed by atoms with E-state index < -0.39 is 0 Å². The van der Waals surface area contributed by atoms with E-state index in [-0.39, 0.29) is 11.7 Å². The molecule has 1 aromatic heterocycles. The Balaban J connectivity index is 1.47. The van der Waals surface area contributed by atoms with E-state index in [0.717, 1.165) is 37.7 Å². The molecule has 1 aliphatic carbocycles. The van der Waals surface area contributed by atoms with Gasteiger partial charge >= 0.3 is 0 Å². The Morgan fingerprint density at radius 2 is 1.89 bits per heavy atom. The monoisotopic (exact) mass is 364 g/mol. The molecule has 27 heavy (non-hydrogen) atoms. The van der Waals surface area contributed by atoms with Crippen LogP contribution in [0.2, 0.25) is 0 Å². The second-order valence-electron chi connectivity index (χ2n) is 7.79. The van der Waals surface area contributed by atoms with Gasteiger partial charge in [-0.05, 0) is 74.1 Å². The third-order valence-electron chi connectivity index (χ3n) is 5.82. The molecule has 1 saturated carbocycles. The smallest absolute Gasteiger partial charge is 0.234 e. The lowest BCUT2D eigenvalue weighted by atomic mass is 9.72. The van der Waals surface area contributed by atoms with Gasteiger partial charge in [-0.25, -0.2) is 4.39 Å². The highest BCUT2D eigenvalue weighted by molar-refractivity contribution is 5.30. The highest BCUT2D eigenvalue weighted by Crippen LogP contribution is 2.42. The molecule has 3 aromatic rings. The van der Waals surface area contributed by atoms with E-state index in [2.05, 4.69) is 41.3 Å². The van der Waals surface area contributed by atoms with E-state index >= 15 is 0 Å². The van der Waals surface area contributed by atoms with Crippen molar-refractivity contribution in [2.45, 2.75) is 44.9 Å². The number of hydrogen-bond acceptors (Lipinski definition) is 3. The van der Waals surface area contributed by atoms with Crippen LogP contribution < -0.4 is 0 Å². The van der Waals surface area contributed by atoms with Crippen molar-refractivity contribution in [3.8, 4) is 0 Å². The molecule has 1 heterocycles. The SMILES string of the molecule is Cc1cccc(C(c2ncno2)C2CCC(Cc3cccc(F)c3)CC2)c1. The molecule has 0 saturated heterocycles. The van der Waals surface area contributed by atoms with Gasteiger partial charge in [-0.3, -0.25) is 0 Å². The van der Waals surface area contributed by atoms with Crippen LogP contribution in [0.25, 0.3) is 0 Å². The number of benzene rings is 2. The van der Waals surface area contributed by atoms with Crippen molar-refractivity contribution in [1.82, 2.24) is 10.1 Å². The van der Waals surface area contributed by atoms with Gasteiger partial charge in [0.25, 0.3) is 0 Å². The van der Waals surface area contributed by atoms with Crippen molar-refractivity contribution < 1.29 is 8.91 Å². The molecule has 4 heteroatoms. The van der Waals surface area contributed by atoms with Gasteiger partial charge in [0, 0.05) is 0 Å². The summed E-state index contributed by atoms with van der Waals surface area (Å²) in [6.45, 7) is 2.12. The predicted octanol–water partition coefficient (Wildman–Crippen LogP) is 5.70. The Morgan fingerprint density at radius 3 is 2.59 bits per heavy atom. The van der Waals surface area contributed by atoms with Crippen LogP contribution in [0.15, 0.2) is 59.4 Å². The summed E-state index contributed by atoms with van der Waals surface area (Å²) in [6, 6.07) is 15.6. The minimum absolute atomic E-state index is 0.142. The Hall–Kier alpha value is -2.49. The highest BCUT2D eigenvalue weighted by Gasteiger charge is 2.32. The van der Waals surface area contributed by atoms with Crippen LogP contribution in [-0.4, -0.2) is 10.1 Å². The fourth-order valence-corrected chi connectivity index (χ4v) is 4.52. The van der Waals surface area contributed by atoms with Gasteiger partial charge in [0.05, 0.1) is 5.92 Å². The summed E-state index contributed by atoms with van der Waals surface area (Å²) in [4.78, 5) is 4.37. The number of rotatable bonds is 5. The van der Waals surface area contributed by atoms with Crippen LogP contribution in [0.4, 0.5) is 4.39 Å². The maximum Gasteiger partial charge on any atom is 0.234 e. The van der Waals surface area contributed by atoms with E-state index in [1.54, 1.807) is 12.1 Å². The number of aromatic nitrogens is 2. The van der Waals surface area contributed by atoms with Crippen LogP contribution in [0.1, 0.15) is 54.2 Å². The lowest BCUT2D eigenvalue weighted by Crippen LogP contribution is -2.23. The fraction of sp³-hybridized carbons (Fsp3) is 0.391. The van der Waals surface area contributed by atoms with Gasteiger partial charge < -0.3 is 4.52 Å². The second kappa shape index (κ2) is 8.03. The van der Waals surface area contributed by atoms with E-state index in [9.17, 15) is 4.39 Å². The van der Waals surface area contributed by atoms with Gasteiger partial charge in [-0.2, -0.15) is 4.98 Å². The first-order valence-electron chi connectivity index (χ1n) is 9.76. The van der Waals surface area contributed by atoms with Gasteiger partial charge in [-0.1, -0.05) is 47.1 Å². The number of nitrogens with zero attached hydrogens (tertiary/aromatic N) is 2. The molecule has 1 fully saturated rings. The maximum absolute atomic E-state index is 13.4. The first-order chi connectivity index (χ1) is 13.2. The quantitative estimate of drug-likeness (QED) is 0.583. The molecule has 0 N–H and O–H groups in total. The second-order valence-corrected chi connectivity index (χ2v) is 7.79. The predicted molar refractivity (Wildman–Crippen MR) is 103 cm³/mol. The van der Waals surface area contributed by atoms with Crippen LogP contribution in [-0.2, 0) is 6.42 Å². The Bertz CT molecular complexity index is 870. The lowest BCUT2D eigenvalue weighted by Gasteiger charge is -2.32. The summed E-state index contributed by atoms with van der Waals surface area (Å²) in [7, 11) is 0. The van der Waals surface area contributed by atoms with Crippen molar-refractivity contribution >= 4 is 0 Å². The summed E-state index contributed by atoms with van der Waals surface area (Å²) in [6.07, 6.45) is 7.01. The number of aryl methyl sites for hydroxylation is 1. The number of hydrogen-bond donors (Lipinski definition) is 0. The van der Waals surface area contributed by atoms with Gasteiger partial charge in [-0.15, -0.1) is 0 Å². The van der Waals surface area contributed by atoms with Crippen LogP contribution in [0.5, 0.6) is 0 Å². The van der Waals surface area contributed by atoms with Crippen molar-refractivity contribution in [1.29, 1.82) is 0 Å². The van der Waals surface area contributed by atoms with Gasteiger partial charge in [0.15, 0.2) is 6.33 Å². The van der Waals surface area contributed by atoms with Crippen LogP contribution in [0.3, 0.4) is 0 Å². The topological polar surface area (TPSA) is 38.9 Å². The van der Waals surface area contributed by atoms with Gasteiger partial charge in [0.1, 0.15) is 5.82 Å². The Labute approximate surface area is 159 Å². The van der Waals surface area contributed by atoms with Crippen LogP contribution >= 0.6 is 0 Å². The third kappa shape index (κ3) is 4.26. The Kier molecular flexibility index (Phi) is 5.33. The van der Waals surface area contributed by atoms with Crippen molar-refractivity contribution in [3.05, 3.63) is 83.3 Å². The largest absolute Gasteiger partial charge is 0.339 e. The standard InChI is InChI=1S/C23H25FN2O/c1-16-4-2-6-20(12-16)22(23-25-15-26-27-23)19-10-8-17(9-11-19)13-18-5-3-7-21(24)14-18/h2-7,12,14-15,17,19,22H,8-11,13H2,1H3. The minimum atomic E-state index is -0.142. The first-order valence-corrected chi connectivity index (χ1v) is 9.76. The zero-order valence-corrected chi connectivity index (χ0v) is 15.6. The molecule has 0 amide bonds. The normalized spacial score (nSPS) is 21.1. The third-order valence-corrected chi connectivity index (χ3v) is 5.82. The van der Waals surface area contributed by atoms with Gasteiger partial charge in [0.2, 0.25) is 5.89 Å². The summed E-state index contributed by atoms with van der Waals surface area (Å²) < 4.78 is 18.9. The average molecular weight is 364 g/mol. The maximum atomic E-state index is 13.4. The molecule has 1 atom stereocenters. The molecule has 1 unspecified atom stereocenters. The zero-order chi connectivity index (χ0) is 18.6. The van der Waals surface area contributed by atoms with E-state index in [4.69, 9.17) is 4.52 Å². The molecule has 0 bridgehead atoms. The molecular formula is C23H25FN2O. The molecule has 2 aromatic carbocycles. The molecule has 3 nitrogen and oxygen atoms in total. The first kappa shape index (κ1) is 17.9. The molecule has 0 spiro atoms. The molecular weight excluding hydrogens is 339 g/mol. The van der Waals surface area contributed by atoms with Crippen LogP contribution in [0, 0.1) is 24.6 Å². The Morgan fingerprint density at radius 1 is 1.07 bits per heavy atom. The average Bonchev–Trinajstić information content (AvgIpc) is 3.18. The molecule has 0 aliphatic heterocycles. The minimum Gasteiger partial charge on any atom is -0.339 e. The van der Waals surface area contributed by atoms with E-state index in [0.29, 0.717) is 17.7 Å². The molecule has 1 aliphatic rings. The van der Waals surface area contributed by atoms with E-state index in [1.165, 1.54) is 23.5 Å². The molecule has 0 radical (unpaired) electrons. The summed E-state index contributed by atoms with van der Waals surface area (Å²) in [5, 5.41) is 3.84. The number of halogens is 1. The zero-order valence-electron chi connectivity index (χ0n) is 15.6. The highest BCUT2D eigenvalue weighted by atomic mass is 19.1. The summed E-state index contributed by atoms with van der Waals surface area (Å²) in [5.74, 6) is 1.84. The molecule has 140 valence electrons. The van der Waals surface area contributed by atoms with Crippen molar-refractivity contribution in [2.24, 2.45) is 11.8 Å². The van der Waals surface area contributed by atoms with E-state index in [1.807, 2.05) is 6.07 Å². The lowest BCUT2D eigenvalue weighted by molar-refractivity contribution is 0.230. The summed E-state index contributed by atoms with van der Waals surface area (Å²) in [5.41, 5.74) is 3.61. The summed E-state index contributed by atoms with van der Waals surface area (Å²) >= 11 is 0. The molecule has 4 rings (SSSR count).